The molecule has 0 aromatic heterocycles. The first-order chi connectivity index (χ1) is 8.99. The first-order valence-electron chi connectivity index (χ1n) is 6.68. The summed E-state index contributed by atoms with van der Waals surface area (Å²) in [5.41, 5.74) is 3.79. The molecule has 1 aliphatic heterocycles. The number of carboxylic acids is 1. The molecule has 0 radical (unpaired) electrons. The Bertz CT molecular complexity index is 452. The number of rotatable bonds is 3. The average molecular weight is 263 g/mol. The third kappa shape index (κ3) is 3.14. The van der Waals surface area contributed by atoms with Crippen LogP contribution in [0.4, 0.5) is 0 Å². The van der Waals surface area contributed by atoms with Gasteiger partial charge in [0.05, 0.1) is 12.0 Å². The highest BCUT2D eigenvalue weighted by molar-refractivity contribution is 5.71. The predicted molar refractivity (Wildman–Crippen MR) is 73.2 cm³/mol. The smallest absolute Gasteiger partial charge is 0.310 e. The van der Waals surface area contributed by atoms with E-state index in [-0.39, 0.29) is 6.04 Å². The molecule has 1 saturated heterocycles. The molecule has 0 bridgehead atoms. The summed E-state index contributed by atoms with van der Waals surface area (Å²) in [6.45, 7) is 4.51. The Morgan fingerprint density at radius 3 is 2.53 bits per heavy atom. The van der Waals surface area contributed by atoms with Crippen LogP contribution >= 0.6 is 0 Å². The van der Waals surface area contributed by atoms with Crippen LogP contribution in [-0.2, 0) is 11.2 Å². The van der Waals surface area contributed by atoms with E-state index in [1.807, 2.05) is 6.07 Å². The second kappa shape index (κ2) is 5.72. The maximum absolute atomic E-state index is 10.9. The number of aryl methyl sites for hydroxylation is 2. The van der Waals surface area contributed by atoms with Gasteiger partial charge in [-0.15, -0.1) is 0 Å². The van der Waals surface area contributed by atoms with Gasteiger partial charge in [-0.2, -0.15) is 0 Å². The summed E-state index contributed by atoms with van der Waals surface area (Å²) in [4.78, 5) is 10.9. The number of aliphatic carboxylic acids is 1. The van der Waals surface area contributed by atoms with Gasteiger partial charge < -0.3 is 15.5 Å². The van der Waals surface area contributed by atoms with Gasteiger partial charge in [0.1, 0.15) is 0 Å². The van der Waals surface area contributed by atoms with Gasteiger partial charge in [-0.1, -0.05) is 18.2 Å². The molecule has 3 atom stereocenters. The minimum atomic E-state index is -0.925. The molecule has 3 unspecified atom stereocenters. The minimum Gasteiger partial charge on any atom is -0.481 e. The van der Waals surface area contributed by atoms with Crippen molar-refractivity contribution in [3.05, 3.63) is 34.9 Å². The van der Waals surface area contributed by atoms with Crippen LogP contribution in [-0.4, -0.2) is 34.9 Å². The Labute approximate surface area is 113 Å². The van der Waals surface area contributed by atoms with Crippen molar-refractivity contribution in [3.8, 4) is 0 Å². The first kappa shape index (κ1) is 14.0. The maximum Gasteiger partial charge on any atom is 0.310 e. The molecule has 4 heteroatoms. The summed E-state index contributed by atoms with van der Waals surface area (Å²) in [7, 11) is 0. The molecule has 0 spiro atoms. The van der Waals surface area contributed by atoms with Crippen LogP contribution in [0.5, 0.6) is 0 Å². The number of nitrogens with one attached hydrogen (secondary N) is 1. The molecule has 3 N–H and O–H groups in total. The number of hydrogen-bond acceptors (Lipinski definition) is 3. The molecule has 2 rings (SSSR count). The number of carbonyl (C=O) groups is 1. The molecule has 1 aliphatic rings. The van der Waals surface area contributed by atoms with Crippen LogP contribution in [0.2, 0.25) is 0 Å². The Hall–Kier alpha value is -1.39. The number of aliphatic hydroxyl groups is 1. The molecule has 104 valence electrons. The van der Waals surface area contributed by atoms with Gasteiger partial charge in [0.15, 0.2) is 0 Å². The SMILES string of the molecule is Cc1cccc(C)c1CC1CC(O)C(C(=O)O)CN1. The zero-order valence-corrected chi connectivity index (χ0v) is 11.4. The van der Waals surface area contributed by atoms with E-state index in [4.69, 9.17) is 5.11 Å². The van der Waals surface area contributed by atoms with Gasteiger partial charge in [0.2, 0.25) is 0 Å². The highest BCUT2D eigenvalue weighted by Crippen LogP contribution is 2.21. The lowest BCUT2D eigenvalue weighted by atomic mass is 9.87. The lowest BCUT2D eigenvalue weighted by molar-refractivity contribution is -0.147. The molecule has 0 saturated carbocycles. The van der Waals surface area contributed by atoms with Crippen molar-refractivity contribution in [1.29, 1.82) is 0 Å². The lowest BCUT2D eigenvalue weighted by Gasteiger charge is -2.32. The zero-order chi connectivity index (χ0) is 14.0. The fourth-order valence-corrected chi connectivity index (χ4v) is 2.79. The Kier molecular flexibility index (Phi) is 4.22. The van der Waals surface area contributed by atoms with Crippen molar-refractivity contribution in [3.63, 3.8) is 0 Å². The van der Waals surface area contributed by atoms with Crippen molar-refractivity contribution in [2.75, 3.05) is 6.54 Å². The highest BCUT2D eigenvalue weighted by Gasteiger charge is 2.33. The Balaban J connectivity index is 2.04. The monoisotopic (exact) mass is 263 g/mol. The normalized spacial score (nSPS) is 27.2. The van der Waals surface area contributed by atoms with E-state index in [0.717, 1.165) is 6.42 Å². The number of aliphatic hydroxyl groups excluding tert-OH is 1. The molecule has 1 aromatic carbocycles. The van der Waals surface area contributed by atoms with Gasteiger partial charge in [-0.3, -0.25) is 4.79 Å². The topological polar surface area (TPSA) is 69.6 Å². The highest BCUT2D eigenvalue weighted by atomic mass is 16.4. The van der Waals surface area contributed by atoms with Crippen molar-refractivity contribution in [1.82, 2.24) is 5.32 Å². The van der Waals surface area contributed by atoms with E-state index >= 15 is 0 Å². The first-order valence-corrected chi connectivity index (χ1v) is 6.68. The lowest BCUT2D eigenvalue weighted by Crippen LogP contribution is -2.50. The van der Waals surface area contributed by atoms with Crippen molar-refractivity contribution in [2.24, 2.45) is 5.92 Å². The average Bonchev–Trinajstić information content (AvgIpc) is 2.33. The number of carboxylic acid groups (broad SMARTS) is 1. The van der Waals surface area contributed by atoms with Crippen LogP contribution in [0.1, 0.15) is 23.1 Å². The fraction of sp³-hybridized carbons (Fsp3) is 0.533. The number of hydrogen-bond donors (Lipinski definition) is 3. The van der Waals surface area contributed by atoms with Crippen molar-refractivity contribution < 1.29 is 15.0 Å². The van der Waals surface area contributed by atoms with E-state index in [2.05, 4.69) is 31.3 Å². The fourth-order valence-electron chi connectivity index (χ4n) is 2.79. The number of piperidine rings is 1. The summed E-state index contributed by atoms with van der Waals surface area (Å²) in [6, 6.07) is 6.35. The van der Waals surface area contributed by atoms with Crippen molar-refractivity contribution >= 4 is 5.97 Å². The van der Waals surface area contributed by atoms with Gasteiger partial charge in [-0.25, -0.2) is 0 Å². The third-order valence-electron chi connectivity index (χ3n) is 4.03. The second-order valence-electron chi connectivity index (χ2n) is 5.43. The molecule has 0 aliphatic carbocycles. The van der Waals surface area contributed by atoms with E-state index < -0.39 is 18.0 Å². The summed E-state index contributed by atoms with van der Waals surface area (Å²) < 4.78 is 0. The minimum absolute atomic E-state index is 0.144. The van der Waals surface area contributed by atoms with Crippen LogP contribution in [0.3, 0.4) is 0 Å². The summed E-state index contributed by atoms with van der Waals surface area (Å²) in [6.07, 6.45) is 0.570. The van der Waals surface area contributed by atoms with E-state index in [1.165, 1.54) is 16.7 Å². The van der Waals surface area contributed by atoms with E-state index in [1.54, 1.807) is 0 Å². The van der Waals surface area contributed by atoms with Gasteiger partial charge in [-0.05, 0) is 43.4 Å². The molecule has 1 aromatic rings. The second-order valence-corrected chi connectivity index (χ2v) is 5.43. The summed E-state index contributed by atoms with van der Waals surface area (Å²) in [5, 5.41) is 22.1. The molecule has 1 fully saturated rings. The quantitative estimate of drug-likeness (QED) is 0.768. The Morgan fingerprint density at radius 2 is 2.00 bits per heavy atom. The summed E-state index contributed by atoms with van der Waals surface area (Å²) in [5.74, 6) is -1.61. The molecular weight excluding hydrogens is 242 g/mol. The van der Waals surface area contributed by atoms with Gasteiger partial charge in [0, 0.05) is 12.6 Å². The van der Waals surface area contributed by atoms with Crippen LogP contribution in [0, 0.1) is 19.8 Å². The third-order valence-corrected chi connectivity index (χ3v) is 4.03. The zero-order valence-electron chi connectivity index (χ0n) is 11.4. The van der Waals surface area contributed by atoms with E-state index in [9.17, 15) is 9.90 Å². The molecule has 1 heterocycles. The molecule has 4 nitrogen and oxygen atoms in total. The van der Waals surface area contributed by atoms with Crippen LogP contribution < -0.4 is 5.32 Å². The van der Waals surface area contributed by atoms with Gasteiger partial charge in [0.25, 0.3) is 0 Å². The molecule has 0 amide bonds. The number of benzene rings is 1. The van der Waals surface area contributed by atoms with E-state index in [0.29, 0.717) is 13.0 Å². The summed E-state index contributed by atoms with van der Waals surface area (Å²) >= 11 is 0. The van der Waals surface area contributed by atoms with Crippen molar-refractivity contribution in [2.45, 2.75) is 38.8 Å². The predicted octanol–water partition coefficient (Wildman–Crippen LogP) is 1.27. The van der Waals surface area contributed by atoms with Crippen LogP contribution in [0.25, 0.3) is 0 Å². The van der Waals surface area contributed by atoms with Crippen LogP contribution in [0.15, 0.2) is 18.2 Å². The standard InChI is InChI=1S/C15H21NO3/c1-9-4-3-5-10(2)12(9)6-11-7-14(17)13(8-16-11)15(18)19/h3-5,11,13-14,16-17H,6-8H2,1-2H3,(H,18,19). The molecule has 19 heavy (non-hydrogen) atoms. The largest absolute Gasteiger partial charge is 0.481 e. The van der Waals surface area contributed by atoms with Gasteiger partial charge >= 0.3 is 5.97 Å². The Morgan fingerprint density at radius 1 is 1.37 bits per heavy atom. The molecular formula is C15H21NO3. The maximum atomic E-state index is 10.9.